The largest absolute Gasteiger partial charge is 0.220 e. The molecule has 0 saturated heterocycles. The summed E-state index contributed by atoms with van der Waals surface area (Å²) in [5.74, 6) is 0.704. The van der Waals surface area contributed by atoms with Crippen LogP contribution in [0, 0.1) is 0 Å². The van der Waals surface area contributed by atoms with Crippen molar-refractivity contribution in [3.8, 4) is 16.9 Å². The maximum Gasteiger partial charge on any atom is 0.175 e. The van der Waals surface area contributed by atoms with Gasteiger partial charge >= 0.3 is 0 Å². The second kappa shape index (κ2) is 4.70. The molecule has 0 saturated carbocycles. The zero-order chi connectivity index (χ0) is 12.4. The fraction of sp³-hybridized carbons (Fsp3) is 0. The highest BCUT2D eigenvalue weighted by Crippen LogP contribution is 2.27. The van der Waals surface area contributed by atoms with Crippen LogP contribution in [0.2, 0.25) is 0 Å². The zero-order valence-electron chi connectivity index (χ0n) is 9.36. The van der Waals surface area contributed by atoms with Crippen LogP contribution in [0.25, 0.3) is 16.9 Å². The minimum absolute atomic E-state index is 0.704. The van der Waals surface area contributed by atoms with Gasteiger partial charge in [0, 0.05) is 22.4 Å². The van der Waals surface area contributed by atoms with Crippen LogP contribution in [0.1, 0.15) is 0 Å². The molecule has 2 heterocycles. The van der Waals surface area contributed by atoms with E-state index in [-0.39, 0.29) is 0 Å². The van der Waals surface area contributed by atoms with Gasteiger partial charge in [0.2, 0.25) is 0 Å². The molecule has 3 aromatic rings. The Balaban J connectivity index is 2.03. The summed E-state index contributed by atoms with van der Waals surface area (Å²) in [4.78, 5) is 0. The van der Waals surface area contributed by atoms with Crippen LogP contribution in [0.5, 0.6) is 0 Å². The molecule has 0 spiro atoms. The molecule has 0 aliphatic rings. The molecule has 4 nitrogen and oxygen atoms in total. The van der Waals surface area contributed by atoms with E-state index >= 15 is 0 Å². The summed E-state index contributed by atoms with van der Waals surface area (Å²) < 4.78 is 2.76. The molecular formula is C13H9BrN4. The number of halogens is 1. The van der Waals surface area contributed by atoms with Gasteiger partial charge in [-0.15, -0.1) is 5.10 Å². The van der Waals surface area contributed by atoms with Crippen LogP contribution in [0.15, 0.2) is 59.5 Å². The molecular weight excluding hydrogens is 292 g/mol. The molecule has 0 radical (unpaired) electrons. The Morgan fingerprint density at radius 2 is 1.94 bits per heavy atom. The normalized spacial score (nSPS) is 10.5. The first-order valence-corrected chi connectivity index (χ1v) is 6.21. The third-order valence-electron chi connectivity index (χ3n) is 2.56. The van der Waals surface area contributed by atoms with Crippen LogP contribution < -0.4 is 0 Å². The van der Waals surface area contributed by atoms with Crippen molar-refractivity contribution in [2.45, 2.75) is 0 Å². The van der Waals surface area contributed by atoms with Crippen molar-refractivity contribution < 1.29 is 0 Å². The van der Waals surface area contributed by atoms with Crippen molar-refractivity contribution in [1.82, 2.24) is 20.0 Å². The van der Waals surface area contributed by atoms with Crippen molar-refractivity contribution in [2.24, 2.45) is 0 Å². The van der Waals surface area contributed by atoms with Crippen molar-refractivity contribution in [2.75, 3.05) is 0 Å². The topological polar surface area (TPSA) is 43.6 Å². The van der Waals surface area contributed by atoms with Gasteiger partial charge in [0.05, 0.1) is 6.20 Å². The van der Waals surface area contributed by atoms with E-state index in [2.05, 4.69) is 31.2 Å². The number of hydrogen-bond donors (Lipinski definition) is 0. The molecule has 1 aromatic carbocycles. The maximum absolute atomic E-state index is 4.30. The molecule has 0 amide bonds. The van der Waals surface area contributed by atoms with Crippen LogP contribution in [-0.2, 0) is 0 Å². The molecule has 0 atom stereocenters. The van der Waals surface area contributed by atoms with Crippen molar-refractivity contribution in [3.05, 3.63) is 59.5 Å². The quantitative estimate of drug-likeness (QED) is 0.730. The number of nitrogens with zero attached hydrogens (tertiary/aromatic N) is 4. The molecule has 0 bridgehead atoms. The molecule has 18 heavy (non-hydrogen) atoms. The van der Waals surface area contributed by atoms with Crippen LogP contribution in [-0.4, -0.2) is 20.0 Å². The molecule has 0 N–H and O–H groups in total. The first kappa shape index (κ1) is 11.1. The average molecular weight is 301 g/mol. The SMILES string of the molecule is Brc1ccccc1-c1cnn(-c2cccnn2)c1. The van der Waals surface area contributed by atoms with E-state index in [4.69, 9.17) is 0 Å². The fourth-order valence-electron chi connectivity index (χ4n) is 1.70. The standard InChI is InChI=1S/C13H9BrN4/c14-12-5-2-1-4-11(12)10-8-16-18(9-10)13-6-3-7-15-17-13/h1-9H. The van der Waals surface area contributed by atoms with Crippen molar-refractivity contribution in [1.29, 1.82) is 0 Å². The number of rotatable bonds is 2. The van der Waals surface area contributed by atoms with E-state index in [1.54, 1.807) is 10.9 Å². The van der Waals surface area contributed by atoms with Crippen LogP contribution >= 0.6 is 15.9 Å². The van der Waals surface area contributed by atoms with Gasteiger partial charge in [0.25, 0.3) is 0 Å². The Bertz CT molecular complexity index is 664. The molecule has 88 valence electrons. The Hall–Kier alpha value is -2.01. The lowest BCUT2D eigenvalue weighted by molar-refractivity contribution is 0.814. The lowest BCUT2D eigenvalue weighted by Crippen LogP contribution is -1.97. The zero-order valence-corrected chi connectivity index (χ0v) is 10.9. The monoisotopic (exact) mass is 300 g/mol. The Morgan fingerprint density at radius 3 is 2.72 bits per heavy atom. The third-order valence-corrected chi connectivity index (χ3v) is 3.25. The summed E-state index contributed by atoms with van der Waals surface area (Å²) >= 11 is 3.53. The van der Waals surface area contributed by atoms with Gasteiger partial charge in [0.15, 0.2) is 5.82 Å². The third kappa shape index (κ3) is 2.04. The van der Waals surface area contributed by atoms with E-state index in [1.165, 1.54) is 0 Å². The van der Waals surface area contributed by atoms with Gasteiger partial charge in [-0.25, -0.2) is 4.68 Å². The Morgan fingerprint density at radius 1 is 1.06 bits per heavy atom. The predicted molar refractivity (Wildman–Crippen MR) is 72.3 cm³/mol. The van der Waals surface area contributed by atoms with Crippen molar-refractivity contribution >= 4 is 15.9 Å². The summed E-state index contributed by atoms with van der Waals surface area (Å²) in [5.41, 5.74) is 2.14. The second-order valence-electron chi connectivity index (χ2n) is 3.74. The smallest absolute Gasteiger partial charge is 0.175 e. The first-order chi connectivity index (χ1) is 8.84. The van der Waals surface area contributed by atoms with Crippen LogP contribution in [0.4, 0.5) is 0 Å². The molecule has 3 rings (SSSR count). The first-order valence-electron chi connectivity index (χ1n) is 5.42. The number of hydrogen-bond acceptors (Lipinski definition) is 3. The summed E-state index contributed by atoms with van der Waals surface area (Å²) in [7, 11) is 0. The van der Waals surface area contributed by atoms with E-state index in [1.807, 2.05) is 48.8 Å². The maximum atomic E-state index is 4.30. The lowest BCUT2D eigenvalue weighted by Gasteiger charge is -2.00. The summed E-state index contributed by atoms with van der Waals surface area (Å²) in [6, 6.07) is 11.7. The minimum atomic E-state index is 0.704. The summed E-state index contributed by atoms with van der Waals surface area (Å²) in [6.07, 6.45) is 5.39. The highest BCUT2D eigenvalue weighted by atomic mass is 79.9. The summed E-state index contributed by atoms with van der Waals surface area (Å²) in [6.45, 7) is 0. The van der Waals surface area contributed by atoms with Gasteiger partial charge in [0.1, 0.15) is 0 Å². The molecule has 0 aliphatic carbocycles. The van der Waals surface area contributed by atoms with E-state index in [9.17, 15) is 0 Å². The predicted octanol–water partition coefficient (Wildman–Crippen LogP) is 3.09. The van der Waals surface area contributed by atoms with Gasteiger partial charge in [-0.2, -0.15) is 10.2 Å². The highest BCUT2D eigenvalue weighted by Gasteiger charge is 2.06. The number of aromatic nitrogens is 4. The van der Waals surface area contributed by atoms with Gasteiger partial charge in [-0.3, -0.25) is 0 Å². The van der Waals surface area contributed by atoms with Crippen molar-refractivity contribution in [3.63, 3.8) is 0 Å². The Labute approximate surface area is 112 Å². The van der Waals surface area contributed by atoms with E-state index in [0.717, 1.165) is 15.6 Å². The Kier molecular flexibility index (Phi) is 2.90. The van der Waals surface area contributed by atoms with Crippen LogP contribution in [0.3, 0.4) is 0 Å². The van der Waals surface area contributed by atoms with Gasteiger partial charge in [-0.1, -0.05) is 34.1 Å². The lowest BCUT2D eigenvalue weighted by atomic mass is 10.1. The fourth-order valence-corrected chi connectivity index (χ4v) is 2.21. The van der Waals surface area contributed by atoms with E-state index < -0.39 is 0 Å². The molecule has 0 aliphatic heterocycles. The minimum Gasteiger partial charge on any atom is -0.220 e. The summed E-state index contributed by atoms with van der Waals surface area (Å²) in [5, 5.41) is 12.2. The molecule has 5 heteroatoms. The molecule has 0 fully saturated rings. The highest BCUT2D eigenvalue weighted by molar-refractivity contribution is 9.10. The molecule has 0 unspecified atom stereocenters. The number of benzene rings is 1. The van der Waals surface area contributed by atoms with Gasteiger partial charge in [-0.05, 0) is 23.8 Å². The molecule has 2 aromatic heterocycles. The average Bonchev–Trinajstić information content (AvgIpc) is 2.90. The van der Waals surface area contributed by atoms with E-state index in [0.29, 0.717) is 5.82 Å². The second-order valence-corrected chi connectivity index (χ2v) is 4.59. The van der Waals surface area contributed by atoms with Gasteiger partial charge < -0.3 is 0 Å².